The van der Waals surface area contributed by atoms with Gasteiger partial charge in [-0.1, -0.05) is 41.6 Å². The number of benzene rings is 2. The summed E-state index contributed by atoms with van der Waals surface area (Å²) in [6.45, 7) is 0.287. The van der Waals surface area contributed by atoms with Crippen molar-refractivity contribution in [3.63, 3.8) is 0 Å². The zero-order chi connectivity index (χ0) is 15.4. The van der Waals surface area contributed by atoms with Crippen LogP contribution in [0.4, 0.5) is 4.39 Å². The largest absolute Gasteiger partial charge is 0.325 e. The van der Waals surface area contributed by atoms with Gasteiger partial charge in [0.05, 0.1) is 11.4 Å². The van der Waals surface area contributed by atoms with Crippen molar-refractivity contribution in [1.82, 2.24) is 15.0 Å². The van der Waals surface area contributed by atoms with Gasteiger partial charge in [0.2, 0.25) is 0 Å². The van der Waals surface area contributed by atoms with Crippen LogP contribution in [0.2, 0.25) is 0 Å². The SMILES string of the molecule is NCc1nnn(-c2ccc(F)cc2)c1/C=C/c1ccccc1. The fraction of sp³-hybridized carbons (Fsp3) is 0.0588. The number of nitrogens with zero attached hydrogens (tertiary/aromatic N) is 3. The molecule has 0 radical (unpaired) electrons. The molecule has 0 bridgehead atoms. The zero-order valence-corrected chi connectivity index (χ0v) is 11.9. The van der Waals surface area contributed by atoms with E-state index in [1.165, 1.54) is 12.1 Å². The quantitative estimate of drug-likeness (QED) is 0.804. The number of aromatic nitrogens is 3. The van der Waals surface area contributed by atoms with Gasteiger partial charge < -0.3 is 5.73 Å². The third-order valence-electron chi connectivity index (χ3n) is 3.28. The predicted molar refractivity (Wildman–Crippen MR) is 84.6 cm³/mol. The molecule has 0 aliphatic rings. The summed E-state index contributed by atoms with van der Waals surface area (Å²) in [6, 6.07) is 16.0. The van der Waals surface area contributed by atoms with E-state index < -0.39 is 0 Å². The van der Waals surface area contributed by atoms with Crippen molar-refractivity contribution in [3.8, 4) is 5.69 Å². The van der Waals surface area contributed by atoms with Crippen LogP contribution < -0.4 is 5.73 Å². The number of nitrogens with two attached hydrogens (primary N) is 1. The second-order valence-electron chi connectivity index (χ2n) is 4.76. The highest BCUT2D eigenvalue weighted by Gasteiger charge is 2.10. The first kappa shape index (κ1) is 14.2. The fourth-order valence-electron chi connectivity index (χ4n) is 2.14. The Bertz CT molecular complexity index is 776. The Balaban J connectivity index is 2.00. The van der Waals surface area contributed by atoms with Gasteiger partial charge >= 0.3 is 0 Å². The van der Waals surface area contributed by atoms with Gasteiger partial charge in [0, 0.05) is 6.54 Å². The average molecular weight is 294 g/mol. The maximum atomic E-state index is 13.1. The Kier molecular flexibility index (Phi) is 4.07. The monoisotopic (exact) mass is 294 g/mol. The molecule has 4 nitrogen and oxygen atoms in total. The summed E-state index contributed by atoms with van der Waals surface area (Å²) >= 11 is 0. The first-order valence-electron chi connectivity index (χ1n) is 6.91. The molecule has 2 aromatic carbocycles. The van der Waals surface area contributed by atoms with Crippen molar-refractivity contribution in [2.24, 2.45) is 5.73 Å². The third kappa shape index (κ3) is 2.94. The number of hydrogen-bond donors (Lipinski definition) is 1. The topological polar surface area (TPSA) is 56.7 Å². The molecule has 110 valence electrons. The van der Waals surface area contributed by atoms with Crippen molar-refractivity contribution < 1.29 is 4.39 Å². The van der Waals surface area contributed by atoms with Crippen molar-refractivity contribution in [2.45, 2.75) is 6.54 Å². The number of halogens is 1. The molecule has 1 aromatic heterocycles. The first-order valence-corrected chi connectivity index (χ1v) is 6.91. The Morgan fingerprint density at radius 3 is 2.41 bits per heavy atom. The highest BCUT2D eigenvalue weighted by Crippen LogP contribution is 2.16. The molecular weight excluding hydrogens is 279 g/mol. The summed E-state index contributed by atoms with van der Waals surface area (Å²) in [4.78, 5) is 0. The van der Waals surface area contributed by atoms with Crippen LogP contribution in [0.15, 0.2) is 54.6 Å². The van der Waals surface area contributed by atoms with Gasteiger partial charge in [-0.2, -0.15) is 0 Å². The lowest BCUT2D eigenvalue weighted by Crippen LogP contribution is -2.02. The molecule has 0 atom stereocenters. The van der Waals surface area contributed by atoms with E-state index in [2.05, 4.69) is 10.3 Å². The summed E-state index contributed by atoms with van der Waals surface area (Å²) in [5, 5.41) is 8.20. The minimum Gasteiger partial charge on any atom is -0.325 e. The second-order valence-corrected chi connectivity index (χ2v) is 4.76. The normalized spacial score (nSPS) is 11.2. The Morgan fingerprint density at radius 1 is 1.00 bits per heavy atom. The van der Waals surface area contributed by atoms with Gasteiger partial charge in [-0.05, 0) is 35.9 Å². The van der Waals surface area contributed by atoms with Crippen LogP contribution in [0.5, 0.6) is 0 Å². The molecular formula is C17H15FN4. The Hall–Kier alpha value is -2.79. The molecule has 22 heavy (non-hydrogen) atoms. The van der Waals surface area contributed by atoms with Gasteiger partial charge in [-0.3, -0.25) is 0 Å². The Labute approximate surface area is 127 Å². The average Bonchev–Trinajstić information content (AvgIpc) is 2.97. The first-order chi connectivity index (χ1) is 10.8. The van der Waals surface area contributed by atoms with Crippen molar-refractivity contribution in [3.05, 3.63) is 77.4 Å². The second kappa shape index (κ2) is 6.32. The van der Waals surface area contributed by atoms with Crippen LogP contribution in [0.1, 0.15) is 17.0 Å². The van der Waals surface area contributed by atoms with Crippen LogP contribution in [-0.4, -0.2) is 15.0 Å². The lowest BCUT2D eigenvalue weighted by Gasteiger charge is -2.04. The molecule has 0 fully saturated rings. The number of hydrogen-bond acceptors (Lipinski definition) is 3. The fourth-order valence-corrected chi connectivity index (χ4v) is 2.14. The standard InChI is InChI=1S/C17H15FN4/c18-14-7-9-15(10-8-14)22-17(16(12-19)20-21-22)11-6-13-4-2-1-3-5-13/h1-11H,12,19H2/b11-6+. The van der Waals surface area contributed by atoms with E-state index >= 15 is 0 Å². The predicted octanol–water partition coefficient (Wildman–Crippen LogP) is 3.04. The van der Waals surface area contributed by atoms with Crippen LogP contribution in [0.25, 0.3) is 17.8 Å². The Morgan fingerprint density at radius 2 is 1.73 bits per heavy atom. The molecule has 0 amide bonds. The van der Waals surface area contributed by atoms with Crippen LogP contribution >= 0.6 is 0 Å². The summed E-state index contributed by atoms with van der Waals surface area (Å²) in [5.74, 6) is -0.288. The minimum atomic E-state index is -0.288. The van der Waals surface area contributed by atoms with Crippen molar-refractivity contribution >= 4 is 12.2 Å². The smallest absolute Gasteiger partial charge is 0.123 e. The lowest BCUT2D eigenvalue weighted by molar-refractivity contribution is 0.626. The van der Waals surface area contributed by atoms with Crippen LogP contribution in [-0.2, 0) is 6.54 Å². The summed E-state index contributed by atoms with van der Waals surface area (Å²) < 4.78 is 14.7. The van der Waals surface area contributed by atoms with E-state index in [1.807, 2.05) is 42.5 Å². The molecule has 2 N–H and O–H groups in total. The molecule has 0 spiro atoms. The molecule has 0 aliphatic carbocycles. The summed E-state index contributed by atoms with van der Waals surface area (Å²) in [7, 11) is 0. The van der Waals surface area contributed by atoms with E-state index in [0.717, 1.165) is 16.9 Å². The minimum absolute atomic E-state index is 0.287. The summed E-state index contributed by atoms with van der Waals surface area (Å²) in [5.41, 5.74) is 9.01. The van der Waals surface area contributed by atoms with Gasteiger partial charge in [0.25, 0.3) is 0 Å². The molecule has 0 aliphatic heterocycles. The van der Waals surface area contributed by atoms with Crippen molar-refractivity contribution in [1.29, 1.82) is 0 Å². The highest BCUT2D eigenvalue weighted by molar-refractivity contribution is 5.69. The highest BCUT2D eigenvalue weighted by atomic mass is 19.1. The van der Waals surface area contributed by atoms with E-state index in [-0.39, 0.29) is 12.4 Å². The van der Waals surface area contributed by atoms with E-state index in [9.17, 15) is 4.39 Å². The molecule has 0 unspecified atom stereocenters. The molecule has 0 saturated carbocycles. The molecule has 1 heterocycles. The third-order valence-corrected chi connectivity index (χ3v) is 3.28. The maximum Gasteiger partial charge on any atom is 0.123 e. The number of rotatable bonds is 4. The molecule has 3 aromatic rings. The molecule has 3 rings (SSSR count). The summed E-state index contributed by atoms with van der Waals surface area (Å²) in [6.07, 6.45) is 3.89. The van der Waals surface area contributed by atoms with E-state index in [1.54, 1.807) is 16.8 Å². The van der Waals surface area contributed by atoms with Gasteiger partial charge in [-0.15, -0.1) is 5.10 Å². The zero-order valence-electron chi connectivity index (χ0n) is 11.9. The molecule has 0 saturated heterocycles. The van der Waals surface area contributed by atoms with E-state index in [0.29, 0.717) is 5.69 Å². The van der Waals surface area contributed by atoms with Gasteiger partial charge in [0.1, 0.15) is 11.5 Å². The lowest BCUT2D eigenvalue weighted by atomic mass is 10.2. The van der Waals surface area contributed by atoms with Gasteiger partial charge in [-0.25, -0.2) is 9.07 Å². The van der Waals surface area contributed by atoms with Crippen LogP contribution in [0.3, 0.4) is 0 Å². The maximum absolute atomic E-state index is 13.1. The molecule has 5 heteroatoms. The van der Waals surface area contributed by atoms with Crippen LogP contribution in [0, 0.1) is 5.82 Å². The van der Waals surface area contributed by atoms with Crippen molar-refractivity contribution in [2.75, 3.05) is 0 Å². The van der Waals surface area contributed by atoms with E-state index in [4.69, 9.17) is 5.73 Å². The van der Waals surface area contributed by atoms with Gasteiger partial charge in [0.15, 0.2) is 0 Å².